The molecular formula is C11H18N4O. The van der Waals surface area contributed by atoms with E-state index in [0.29, 0.717) is 13.0 Å². The van der Waals surface area contributed by atoms with Crippen molar-refractivity contribution in [1.82, 2.24) is 15.0 Å². The van der Waals surface area contributed by atoms with Crippen LogP contribution in [0.2, 0.25) is 0 Å². The first-order valence-corrected chi connectivity index (χ1v) is 5.57. The van der Waals surface area contributed by atoms with Gasteiger partial charge in [0.05, 0.1) is 36.5 Å². The SMILES string of the molecule is CCc1c(CC#N)nnn1C(CC)COC. The van der Waals surface area contributed by atoms with Gasteiger partial charge in [-0.3, -0.25) is 0 Å². The van der Waals surface area contributed by atoms with Crippen LogP contribution >= 0.6 is 0 Å². The van der Waals surface area contributed by atoms with Crippen molar-refractivity contribution >= 4 is 0 Å². The Bertz CT molecular complexity index is 367. The first kappa shape index (κ1) is 12.7. The van der Waals surface area contributed by atoms with Gasteiger partial charge in [0.1, 0.15) is 0 Å². The maximum absolute atomic E-state index is 8.70. The molecule has 0 radical (unpaired) electrons. The highest BCUT2D eigenvalue weighted by Crippen LogP contribution is 2.16. The molecule has 16 heavy (non-hydrogen) atoms. The molecule has 88 valence electrons. The van der Waals surface area contributed by atoms with Gasteiger partial charge in [-0.2, -0.15) is 5.26 Å². The lowest BCUT2D eigenvalue weighted by atomic mass is 10.2. The maximum Gasteiger partial charge on any atom is 0.0999 e. The van der Waals surface area contributed by atoms with Crippen molar-refractivity contribution in [3.05, 3.63) is 11.4 Å². The van der Waals surface area contributed by atoms with Gasteiger partial charge in [0.15, 0.2) is 0 Å². The molecule has 0 aliphatic heterocycles. The van der Waals surface area contributed by atoms with Crippen molar-refractivity contribution < 1.29 is 4.74 Å². The van der Waals surface area contributed by atoms with Crippen molar-refractivity contribution in [2.24, 2.45) is 0 Å². The highest BCUT2D eigenvalue weighted by Gasteiger charge is 2.17. The van der Waals surface area contributed by atoms with Crippen molar-refractivity contribution in [2.75, 3.05) is 13.7 Å². The molecule has 1 aromatic rings. The molecule has 5 nitrogen and oxygen atoms in total. The van der Waals surface area contributed by atoms with Crippen LogP contribution in [0.1, 0.15) is 37.7 Å². The van der Waals surface area contributed by atoms with Crippen LogP contribution in [0.25, 0.3) is 0 Å². The Morgan fingerprint density at radius 3 is 2.75 bits per heavy atom. The van der Waals surface area contributed by atoms with E-state index >= 15 is 0 Å². The first-order chi connectivity index (χ1) is 7.78. The fourth-order valence-corrected chi connectivity index (χ4v) is 1.77. The number of methoxy groups -OCH3 is 1. The summed E-state index contributed by atoms with van der Waals surface area (Å²) in [6, 6.07) is 2.32. The van der Waals surface area contributed by atoms with Crippen LogP contribution in [0.3, 0.4) is 0 Å². The molecule has 1 atom stereocenters. The molecule has 5 heteroatoms. The van der Waals surface area contributed by atoms with Crippen LogP contribution in [0, 0.1) is 11.3 Å². The van der Waals surface area contributed by atoms with E-state index in [1.54, 1.807) is 7.11 Å². The van der Waals surface area contributed by atoms with Crippen molar-refractivity contribution in [2.45, 2.75) is 39.2 Å². The first-order valence-electron chi connectivity index (χ1n) is 5.57. The Labute approximate surface area is 96.0 Å². The van der Waals surface area contributed by atoms with Gasteiger partial charge in [0, 0.05) is 7.11 Å². The Balaban J connectivity index is 2.98. The molecular weight excluding hydrogens is 204 g/mol. The molecule has 0 saturated heterocycles. The summed E-state index contributed by atoms with van der Waals surface area (Å²) in [6.45, 7) is 4.77. The van der Waals surface area contributed by atoms with Crippen molar-refractivity contribution in [3.8, 4) is 6.07 Å². The van der Waals surface area contributed by atoms with Gasteiger partial charge in [0.2, 0.25) is 0 Å². The molecule has 1 unspecified atom stereocenters. The van der Waals surface area contributed by atoms with Gasteiger partial charge in [-0.25, -0.2) is 4.68 Å². The van der Waals surface area contributed by atoms with E-state index in [1.165, 1.54) is 0 Å². The zero-order chi connectivity index (χ0) is 12.0. The van der Waals surface area contributed by atoms with E-state index in [9.17, 15) is 0 Å². The minimum absolute atomic E-state index is 0.208. The second-order valence-electron chi connectivity index (χ2n) is 3.63. The maximum atomic E-state index is 8.70. The minimum atomic E-state index is 0.208. The van der Waals surface area contributed by atoms with Crippen LogP contribution in [-0.2, 0) is 17.6 Å². The summed E-state index contributed by atoms with van der Waals surface area (Å²) in [7, 11) is 1.68. The molecule has 0 amide bonds. The molecule has 0 saturated carbocycles. The van der Waals surface area contributed by atoms with E-state index in [1.807, 2.05) is 4.68 Å². The molecule has 0 bridgehead atoms. The topological polar surface area (TPSA) is 63.7 Å². The Morgan fingerprint density at radius 2 is 2.25 bits per heavy atom. The van der Waals surface area contributed by atoms with E-state index in [0.717, 1.165) is 24.2 Å². The normalized spacial score (nSPS) is 12.4. The second-order valence-corrected chi connectivity index (χ2v) is 3.63. The molecule has 0 aliphatic carbocycles. The number of aromatic nitrogens is 3. The molecule has 1 aromatic heterocycles. The lowest BCUT2D eigenvalue weighted by Crippen LogP contribution is -2.17. The largest absolute Gasteiger partial charge is 0.382 e. The van der Waals surface area contributed by atoms with Gasteiger partial charge >= 0.3 is 0 Å². The third kappa shape index (κ3) is 2.58. The lowest BCUT2D eigenvalue weighted by molar-refractivity contribution is 0.145. The van der Waals surface area contributed by atoms with Crippen molar-refractivity contribution in [1.29, 1.82) is 5.26 Å². The fraction of sp³-hybridized carbons (Fsp3) is 0.727. The van der Waals surface area contributed by atoms with Crippen LogP contribution in [-0.4, -0.2) is 28.7 Å². The second kappa shape index (κ2) is 6.23. The Morgan fingerprint density at radius 1 is 1.50 bits per heavy atom. The summed E-state index contributed by atoms with van der Waals surface area (Å²) < 4.78 is 7.06. The molecule has 0 fully saturated rings. The molecule has 0 spiro atoms. The Kier molecular flexibility index (Phi) is 4.93. The van der Waals surface area contributed by atoms with Gasteiger partial charge < -0.3 is 4.74 Å². The number of rotatable bonds is 6. The fourth-order valence-electron chi connectivity index (χ4n) is 1.77. The van der Waals surface area contributed by atoms with Crippen LogP contribution in [0.15, 0.2) is 0 Å². The predicted octanol–water partition coefficient (Wildman–Crippen LogP) is 1.50. The third-order valence-corrected chi connectivity index (χ3v) is 2.63. The molecule has 1 rings (SSSR count). The zero-order valence-corrected chi connectivity index (χ0v) is 10.1. The average molecular weight is 222 g/mol. The quantitative estimate of drug-likeness (QED) is 0.731. The van der Waals surface area contributed by atoms with Gasteiger partial charge in [-0.1, -0.05) is 19.1 Å². The summed E-state index contributed by atoms with van der Waals surface area (Å²) >= 11 is 0. The van der Waals surface area contributed by atoms with E-state index < -0.39 is 0 Å². The monoisotopic (exact) mass is 222 g/mol. The standard InChI is InChI=1S/C11H18N4O/c1-4-9(8-16-3)15-11(5-2)10(6-7-12)13-14-15/h9H,4-6,8H2,1-3H3. The number of hydrogen-bond donors (Lipinski definition) is 0. The zero-order valence-electron chi connectivity index (χ0n) is 10.1. The summed E-state index contributed by atoms with van der Waals surface area (Å²) in [5, 5.41) is 16.9. The van der Waals surface area contributed by atoms with E-state index in [-0.39, 0.29) is 6.04 Å². The highest BCUT2D eigenvalue weighted by atomic mass is 16.5. The van der Waals surface area contributed by atoms with Crippen LogP contribution in [0.4, 0.5) is 0 Å². The summed E-state index contributed by atoms with van der Waals surface area (Å²) in [5.74, 6) is 0. The Hall–Kier alpha value is -1.41. The smallest absolute Gasteiger partial charge is 0.0999 e. The predicted molar refractivity (Wildman–Crippen MR) is 59.9 cm³/mol. The number of hydrogen-bond acceptors (Lipinski definition) is 4. The summed E-state index contributed by atoms with van der Waals surface area (Å²) in [5.41, 5.74) is 1.84. The molecule has 0 aromatic carbocycles. The van der Waals surface area contributed by atoms with Crippen LogP contribution in [0.5, 0.6) is 0 Å². The molecule has 0 N–H and O–H groups in total. The average Bonchev–Trinajstić information content (AvgIpc) is 2.69. The lowest BCUT2D eigenvalue weighted by Gasteiger charge is -2.16. The minimum Gasteiger partial charge on any atom is -0.382 e. The van der Waals surface area contributed by atoms with Gasteiger partial charge in [-0.15, -0.1) is 5.10 Å². The van der Waals surface area contributed by atoms with E-state index in [4.69, 9.17) is 10.00 Å². The number of nitrogens with zero attached hydrogens (tertiary/aromatic N) is 4. The van der Waals surface area contributed by atoms with E-state index in [2.05, 4.69) is 30.2 Å². The highest BCUT2D eigenvalue weighted by molar-refractivity contribution is 5.14. The molecule has 0 aliphatic rings. The summed E-state index contributed by atoms with van der Waals surface area (Å²) in [6.07, 6.45) is 2.10. The number of ether oxygens (including phenoxy) is 1. The molecule has 1 heterocycles. The third-order valence-electron chi connectivity index (χ3n) is 2.63. The van der Waals surface area contributed by atoms with Gasteiger partial charge in [-0.05, 0) is 12.8 Å². The van der Waals surface area contributed by atoms with Crippen LogP contribution < -0.4 is 0 Å². The number of nitriles is 1. The summed E-state index contributed by atoms with van der Waals surface area (Å²) in [4.78, 5) is 0. The van der Waals surface area contributed by atoms with Gasteiger partial charge in [0.25, 0.3) is 0 Å². The van der Waals surface area contributed by atoms with Crippen molar-refractivity contribution in [3.63, 3.8) is 0 Å².